The number of aromatic nitrogens is 1. The third kappa shape index (κ3) is 3.92. The maximum atomic E-state index is 11.9. The van der Waals surface area contributed by atoms with Crippen molar-refractivity contribution in [1.82, 2.24) is 15.2 Å². The predicted molar refractivity (Wildman–Crippen MR) is 78.7 cm³/mol. The van der Waals surface area contributed by atoms with Crippen LogP contribution in [0.3, 0.4) is 0 Å². The minimum atomic E-state index is -0.162. The van der Waals surface area contributed by atoms with Gasteiger partial charge in [0, 0.05) is 49.9 Å². The molecular formula is C15H23N3O3. The van der Waals surface area contributed by atoms with Crippen molar-refractivity contribution in [2.45, 2.75) is 39.3 Å². The standard InChI is InChI=1S/C15H23N3O3/c1-11-15(21)13(12(10-19)8-17-11)9-16-5-4-14(20)18-6-2-3-7-18/h8,16,19,21H,2-7,9-10H2,1H3. The topological polar surface area (TPSA) is 85.7 Å². The fraction of sp³-hybridized carbons (Fsp3) is 0.600. The summed E-state index contributed by atoms with van der Waals surface area (Å²) < 4.78 is 0. The van der Waals surface area contributed by atoms with Gasteiger partial charge in [0.25, 0.3) is 0 Å². The van der Waals surface area contributed by atoms with Crippen LogP contribution in [-0.4, -0.2) is 45.6 Å². The van der Waals surface area contributed by atoms with Gasteiger partial charge in [-0.3, -0.25) is 9.78 Å². The lowest BCUT2D eigenvalue weighted by molar-refractivity contribution is -0.130. The van der Waals surface area contributed by atoms with E-state index in [1.807, 2.05) is 4.90 Å². The van der Waals surface area contributed by atoms with Crippen LogP contribution in [0.25, 0.3) is 0 Å². The highest BCUT2D eigenvalue weighted by Crippen LogP contribution is 2.23. The van der Waals surface area contributed by atoms with Crippen LogP contribution in [0.15, 0.2) is 6.20 Å². The van der Waals surface area contributed by atoms with Crippen LogP contribution < -0.4 is 5.32 Å². The average Bonchev–Trinajstić information content (AvgIpc) is 3.02. The number of rotatable bonds is 6. The molecule has 0 aliphatic carbocycles. The van der Waals surface area contributed by atoms with Gasteiger partial charge in [0.2, 0.25) is 5.91 Å². The zero-order chi connectivity index (χ0) is 15.2. The van der Waals surface area contributed by atoms with Gasteiger partial charge in [-0.1, -0.05) is 0 Å². The largest absolute Gasteiger partial charge is 0.506 e. The molecule has 0 aromatic carbocycles. The number of nitrogens with zero attached hydrogens (tertiary/aromatic N) is 2. The van der Waals surface area contributed by atoms with Crippen LogP contribution in [-0.2, 0) is 17.9 Å². The summed E-state index contributed by atoms with van der Waals surface area (Å²) in [5, 5.41) is 22.4. The second-order valence-corrected chi connectivity index (χ2v) is 5.37. The molecule has 0 atom stereocenters. The lowest BCUT2D eigenvalue weighted by atomic mass is 10.1. The van der Waals surface area contributed by atoms with Gasteiger partial charge in [0.1, 0.15) is 5.75 Å². The van der Waals surface area contributed by atoms with Crippen molar-refractivity contribution < 1.29 is 15.0 Å². The molecule has 21 heavy (non-hydrogen) atoms. The maximum Gasteiger partial charge on any atom is 0.223 e. The first-order chi connectivity index (χ1) is 10.1. The van der Waals surface area contributed by atoms with Crippen LogP contribution in [0.5, 0.6) is 5.75 Å². The first kappa shape index (κ1) is 15.7. The Hall–Kier alpha value is -1.66. The van der Waals surface area contributed by atoms with E-state index >= 15 is 0 Å². The Kier molecular flexibility index (Phi) is 5.52. The van der Waals surface area contributed by atoms with Gasteiger partial charge in [0.05, 0.1) is 12.3 Å². The van der Waals surface area contributed by atoms with E-state index in [0.717, 1.165) is 25.9 Å². The molecule has 1 fully saturated rings. The highest BCUT2D eigenvalue weighted by molar-refractivity contribution is 5.76. The third-order valence-electron chi connectivity index (χ3n) is 3.88. The minimum absolute atomic E-state index is 0.111. The molecule has 0 radical (unpaired) electrons. The smallest absolute Gasteiger partial charge is 0.223 e. The van der Waals surface area contributed by atoms with Gasteiger partial charge in [-0.15, -0.1) is 0 Å². The number of carbonyl (C=O) groups excluding carboxylic acids is 1. The van der Waals surface area contributed by atoms with Crippen LogP contribution in [0.4, 0.5) is 0 Å². The summed E-state index contributed by atoms with van der Waals surface area (Å²) in [6.45, 7) is 4.27. The van der Waals surface area contributed by atoms with Crippen molar-refractivity contribution in [3.63, 3.8) is 0 Å². The molecule has 6 nitrogen and oxygen atoms in total. The average molecular weight is 293 g/mol. The molecule has 2 heterocycles. The Balaban J connectivity index is 1.83. The van der Waals surface area contributed by atoms with E-state index in [-0.39, 0.29) is 18.3 Å². The molecule has 1 amide bonds. The summed E-state index contributed by atoms with van der Waals surface area (Å²) in [5.74, 6) is 0.289. The van der Waals surface area contributed by atoms with Crippen molar-refractivity contribution >= 4 is 5.91 Å². The molecule has 116 valence electrons. The molecule has 1 aliphatic rings. The monoisotopic (exact) mass is 293 g/mol. The van der Waals surface area contributed by atoms with Gasteiger partial charge in [-0.2, -0.15) is 0 Å². The first-order valence-corrected chi connectivity index (χ1v) is 7.39. The summed E-state index contributed by atoms with van der Waals surface area (Å²) in [4.78, 5) is 17.8. The summed E-state index contributed by atoms with van der Waals surface area (Å²) in [7, 11) is 0. The zero-order valence-electron chi connectivity index (χ0n) is 12.4. The molecule has 0 bridgehead atoms. The number of hydrogen-bond acceptors (Lipinski definition) is 5. The molecule has 1 aromatic rings. The summed E-state index contributed by atoms with van der Waals surface area (Å²) in [6, 6.07) is 0. The number of aliphatic hydroxyl groups excluding tert-OH is 1. The van der Waals surface area contributed by atoms with Gasteiger partial charge in [-0.05, 0) is 19.8 Å². The lowest BCUT2D eigenvalue weighted by Crippen LogP contribution is -2.30. The van der Waals surface area contributed by atoms with E-state index < -0.39 is 0 Å². The number of aromatic hydroxyl groups is 1. The number of carbonyl (C=O) groups is 1. The fourth-order valence-electron chi connectivity index (χ4n) is 2.55. The van der Waals surface area contributed by atoms with Crippen LogP contribution in [0.2, 0.25) is 0 Å². The van der Waals surface area contributed by atoms with Crippen LogP contribution in [0, 0.1) is 6.92 Å². The number of hydrogen-bond donors (Lipinski definition) is 3. The van der Waals surface area contributed by atoms with Gasteiger partial charge >= 0.3 is 0 Å². The molecular weight excluding hydrogens is 270 g/mol. The molecule has 0 spiro atoms. The summed E-state index contributed by atoms with van der Waals surface area (Å²) >= 11 is 0. The number of aliphatic hydroxyl groups is 1. The Morgan fingerprint density at radius 2 is 2.14 bits per heavy atom. The Bertz CT molecular complexity index is 499. The van der Waals surface area contributed by atoms with Gasteiger partial charge in [0.15, 0.2) is 0 Å². The Labute approximate surface area is 124 Å². The number of likely N-dealkylation sites (tertiary alicyclic amines) is 1. The first-order valence-electron chi connectivity index (χ1n) is 7.39. The highest BCUT2D eigenvalue weighted by atomic mass is 16.3. The van der Waals surface area contributed by atoms with E-state index in [2.05, 4.69) is 10.3 Å². The third-order valence-corrected chi connectivity index (χ3v) is 3.88. The minimum Gasteiger partial charge on any atom is -0.506 e. The Morgan fingerprint density at radius 3 is 2.81 bits per heavy atom. The number of pyridine rings is 1. The van der Waals surface area contributed by atoms with E-state index in [0.29, 0.717) is 36.3 Å². The van der Waals surface area contributed by atoms with E-state index in [1.54, 1.807) is 13.1 Å². The van der Waals surface area contributed by atoms with E-state index in [4.69, 9.17) is 0 Å². The Morgan fingerprint density at radius 1 is 1.43 bits per heavy atom. The molecule has 1 saturated heterocycles. The SMILES string of the molecule is Cc1ncc(CO)c(CNCCC(=O)N2CCCC2)c1O. The van der Waals surface area contributed by atoms with Crippen molar-refractivity contribution in [3.05, 3.63) is 23.0 Å². The summed E-state index contributed by atoms with van der Waals surface area (Å²) in [5.41, 5.74) is 1.80. The number of aryl methyl sites for hydroxylation is 1. The maximum absolute atomic E-state index is 11.9. The highest BCUT2D eigenvalue weighted by Gasteiger charge is 2.17. The molecule has 1 aromatic heterocycles. The van der Waals surface area contributed by atoms with Crippen LogP contribution in [0.1, 0.15) is 36.1 Å². The van der Waals surface area contributed by atoms with E-state index in [1.165, 1.54) is 0 Å². The molecule has 3 N–H and O–H groups in total. The molecule has 0 unspecified atom stereocenters. The van der Waals surface area contributed by atoms with Crippen molar-refractivity contribution in [1.29, 1.82) is 0 Å². The van der Waals surface area contributed by atoms with Gasteiger partial charge in [-0.25, -0.2) is 0 Å². The number of nitrogens with one attached hydrogen (secondary N) is 1. The zero-order valence-corrected chi connectivity index (χ0v) is 12.4. The van der Waals surface area contributed by atoms with Crippen LogP contribution >= 0.6 is 0 Å². The number of amides is 1. The molecule has 6 heteroatoms. The van der Waals surface area contributed by atoms with Crippen molar-refractivity contribution in [2.75, 3.05) is 19.6 Å². The second kappa shape index (κ2) is 7.38. The van der Waals surface area contributed by atoms with Gasteiger partial charge < -0.3 is 20.4 Å². The quantitative estimate of drug-likeness (QED) is 0.672. The fourth-order valence-corrected chi connectivity index (χ4v) is 2.55. The normalized spacial score (nSPS) is 14.7. The van der Waals surface area contributed by atoms with Crippen molar-refractivity contribution in [2.24, 2.45) is 0 Å². The molecule has 2 rings (SSSR count). The van der Waals surface area contributed by atoms with Crippen molar-refractivity contribution in [3.8, 4) is 5.75 Å². The molecule has 0 saturated carbocycles. The molecule has 1 aliphatic heterocycles. The predicted octanol–water partition coefficient (Wildman–Crippen LogP) is 0.690. The van der Waals surface area contributed by atoms with E-state index in [9.17, 15) is 15.0 Å². The summed E-state index contributed by atoms with van der Waals surface area (Å²) in [6.07, 6.45) is 4.23. The second-order valence-electron chi connectivity index (χ2n) is 5.37. The lowest BCUT2D eigenvalue weighted by Gasteiger charge is -2.16.